The van der Waals surface area contributed by atoms with Gasteiger partial charge in [-0.3, -0.25) is 4.79 Å². The summed E-state index contributed by atoms with van der Waals surface area (Å²) < 4.78 is 1.54. The fraction of sp³-hybridized carbons (Fsp3) is 0.412. The molecule has 0 atom stereocenters. The van der Waals surface area contributed by atoms with E-state index in [2.05, 4.69) is 17.3 Å². The van der Waals surface area contributed by atoms with E-state index in [4.69, 9.17) is 0 Å². The minimum absolute atomic E-state index is 0.00109. The monoisotopic (exact) mass is 285 g/mol. The molecule has 1 heterocycles. The van der Waals surface area contributed by atoms with Gasteiger partial charge in [-0.25, -0.2) is 4.68 Å². The second-order valence-corrected chi connectivity index (χ2v) is 5.07. The van der Waals surface area contributed by atoms with Gasteiger partial charge in [-0.15, -0.1) is 0 Å². The molecule has 2 aromatic rings. The van der Waals surface area contributed by atoms with Gasteiger partial charge in [-0.2, -0.15) is 5.10 Å². The molecular formula is C17H23N3O. The lowest BCUT2D eigenvalue weighted by molar-refractivity contribution is 0.590. The van der Waals surface area contributed by atoms with Gasteiger partial charge in [0.05, 0.1) is 5.69 Å². The predicted octanol–water partition coefficient (Wildman–Crippen LogP) is 2.82. The van der Waals surface area contributed by atoms with Crippen LogP contribution in [-0.2, 0) is 13.1 Å². The second kappa shape index (κ2) is 7.74. The highest BCUT2D eigenvalue weighted by Crippen LogP contribution is 2.15. The first-order valence-corrected chi connectivity index (χ1v) is 7.63. The molecule has 112 valence electrons. The molecule has 2 rings (SSSR count). The molecule has 0 unspecified atom stereocenters. The third-order valence-corrected chi connectivity index (χ3v) is 3.44. The Morgan fingerprint density at radius 3 is 2.62 bits per heavy atom. The summed E-state index contributed by atoms with van der Waals surface area (Å²) in [5, 5.41) is 7.77. The van der Waals surface area contributed by atoms with E-state index in [1.807, 2.05) is 43.3 Å². The summed E-state index contributed by atoms with van der Waals surface area (Å²) in [6, 6.07) is 11.9. The van der Waals surface area contributed by atoms with Crippen LogP contribution >= 0.6 is 0 Å². The lowest BCUT2D eigenvalue weighted by Gasteiger charge is -2.10. The van der Waals surface area contributed by atoms with E-state index in [0.29, 0.717) is 13.1 Å². The van der Waals surface area contributed by atoms with Crippen LogP contribution in [0.5, 0.6) is 0 Å². The van der Waals surface area contributed by atoms with E-state index in [1.54, 1.807) is 4.68 Å². The van der Waals surface area contributed by atoms with Gasteiger partial charge in [-0.1, -0.05) is 43.7 Å². The Bertz CT molecular complexity index is 620. The van der Waals surface area contributed by atoms with Crippen LogP contribution in [0.1, 0.15) is 32.3 Å². The average molecular weight is 285 g/mol. The normalized spacial score (nSPS) is 10.8. The summed E-state index contributed by atoms with van der Waals surface area (Å²) in [6.45, 7) is 6.22. The third kappa shape index (κ3) is 4.02. The molecular weight excluding hydrogens is 262 g/mol. The maximum atomic E-state index is 12.3. The Kier molecular flexibility index (Phi) is 5.69. The van der Waals surface area contributed by atoms with E-state index in [1.165, 1.54) is 0 Å². The molecule has 0 saturated heterocycles. The Labute approximate surface area is 125 Å². The van der Waals surface area contributed by atoms with Crippen molar-refractivity contribution in [2.75, 3.05) is 6.54 Å². The molecule has 0 aliphatic rings. The van der Waals surface area contributed by atoms with Crippen molar-refractivity contribution in [3.05, 3.63) is 52.3 Å². The number of aryl methyl sites for hydroxylation is 1. The molecule has 0 aliphatic carbocycles. The molecule has 0 fully saturated rings. The number of benzene rings is 1. The van der Waals surface area contributed by atoms with Gasteiger partial charge >= 0.3 is 0 Å². The Balaban J connectivity index is 2.29. The van der Waals surface area contributed by atoms with Crippen molar-refractivity contribution in [3.8, 4) is 11.3 Å². The third-order valence-electron chi connectivity index (χ3n) is 3.44. The molecule has 0 saturated carbocycles. The van der Waals surface area contributed by atoms with Gasteiger partial charge in [0.1, 0.15) is 0 Å². The average Bonchev–Trinajstić information content (AvgIpc) is 2.53. The first-order valence-electron chi connectivity index (χ1n) is 7.63. The topological polar surface area (TPSA) is 46.9 Å². The van der Waals surface area contributed by atoms with Crippen LogP contribution in [0, 0.1) is 0 Å². The molecule has 0 spiro atoms. The van der Waals surface area contributed by atoms with Crippen LogP contribution in [0.15, 0.2) is 41.2 Å². The Morgan fingerprint density at radius 1 is 1.19 bits per heavy atom. The molecule has 4 nitrogen and oxygen atoms in total. The predicted molar refractivity (Wildman–Crippen MR) is 86.2 cm³/mol. The molecule has 1 aromatic carbocycles. The highest BCUT2D eigenvalue weighted by molar-refractivity contribution is 5.58. The van der Waals surface area contributed by atoms with Crippen molar-refractivity contribution in [2.45, 2.75) is 39.8 Å². The molecule has 0 radical (unpaired) electrons. The first-order chi connectivity index (χ1) is 10.3. The molecule has 1 N–H and O–H groups in total. The first kappa shape index (κ1) is 15.4. The van der Waals surface area contributed by atoms with Crippen LogP contribution in [0.4, 0.5) is 0 Å². The van der Waals surface area contributed by atoms with E-state index in [-0.39, 0.29) is 5.56 Å². The van der Waals surface area contributed by atoms with Crippen LogP contribution in [0.3, 0.4) is 0 Å². The fourth-order valence-corrected chi connectivity index (χ4v) is 2.21. The van der Waals surface area contributed by atoms with E-state index in [0.717, 1.165) is 36.2 Å². The summed E-state index contributed by atoms with van der Waals surface area (Å²) in [7, 11) is 0. The van der Waals surface area contributed by atoms with Crippen LogP contribution < -0.4 is 10.9 Å². The van der Waals surface area contributed by atoms with Crippen LogP contribution in [0.2, 0.25) is 0 Å². The number of nitrogens with one attached hydrogen (secondary N) is 1. The zero-order valence-electron chi connectivity index (χ0n) is 12.8. The second-order valence-electron chi connectivity index (χ2n) is 5.07. The van der Waals surface area contributed by atoms with Gasteiger partial charge < -0.3 is 5.32 Å². The van der Waals surface area contributed by atoms with Crippen molar-refractivity contribution in [3.63, 3.8) is 0 Å². The van der Waals surface area contributed by atoms with Gasteiger partial charge in [-0.05, 0) is 26.0 Å². The zero-order valence-corrected chi connectivity index (χ0v) is 12.8. The fourth-order valence-electron chi connectivity index (χ4n) is 2.21. The van der Waals surface area contributed by atoms with Gasteiger partial charge in [0.25, 0.3) is 5.56 Å². The van der Waals surface area contributed by atoms with E-state index in [9.17, 15) is 4.79 Å². The SMILES string of the molecule is CCCCNCc1cc(-c2ccccc2)nn(CC)c1=O. The molecule has 0 aliphatic heterocycles. The highest BCUT2D eigenvalue weighted by atomic mass is 16.1. The number of rotatable bonds is 7. The maximum Gasteiger partial charge on any atom is 0.271 e. The maximum absolute atomic E-state index is 12.3. The summed E-state index contributed by atoms with van der Waals surface area (Å²) >= 11 is 0. The molecule has 0 bridgehead atoms. The molecule has 1 aromatic heterocycles. The standard InChI is InChI=1S/C17H23N3O/c1-3-5-11-18-13-15-12-16(14-9-7-6-8-10-14)19-20(4-2)17(15)21/h6-10,12,18H,3-5,11,13H2,1-2H3. The number of aromatic nitrogens is 2. The van der Waals surface area contributed by atoms with Gasteiger partial charge in [0.2, 0.25) is 0 Å². The van der Waals surface area contributed by atoms with Crippen molar-refractivity contribution >= 4 is 0 Å². The van der Waals surface area contributed by atoms with Crippen molar-refractivity contribution < 1.29 is 0 Å². The Morgan fingerprint density at radius 2 is 1.95 bits per heavy atom. The van der Waals surface area contributed by atoms with Crippen LogP contribution in [0.25, 0.3) is 11.3 Å². The van der Waals surface area contributed by atoms with E-state index < -0.39 is 0 Å². The Hall–Kier alpha value is -1.94. The van der Waals surface area contributed by atoms with Gasteiger partial charge in [0.15, 0.2) is 0 Å². The number of unbranched alkanes of at least 4 members (excludes halogenated alkanes) is 1. The van der Waals surface area contributed by atoms with Crippen molar-refractivity contribution in [2.24, 2.45) is 0 Å². The summed E-state index contributed by atoms with van der Waals surface area (Å²) in [4.78, 5) is 12.3. The molecule has 21 heavy (non-hydrogen) atoms. The highest BCUT2D eigenvalue weighted by Gasteiger charge is 2.08. The summed E-state index contributed by atoms with van der Waals surface area (Å²) in [5.41, 5.74) is 2.67. The minimum atomic E-state index is 0.00109. The van der Waals surface area contributed by atoms with Crippen molar-refractivity contribution in [1.82, 2.24) is 15.1 Å². The lowest BCUT2D eigenvalue weighted by atomic mass is 10.1. The van der Waals surface area contributed by atoms with Crippen LogP contribution in [-0.4, -0.2) is 16.3 Å². The lowest BCUT2D eigenvalue weighted by Crippen LogP contribution is -2.29. The zero-order chi connectivity index (χ0) is 15.1. The summed E-state index contributed by atoms with van der Waals surface area (Å²) in [6.07, 6.45) is 2.27. The summed E-state index contributed by atoms with van der Waals surface area (Å²) in [5.74, 6) is 0. The number of nitrogens with zero attached hydrogens (tertiary/aromatic N) is 2. The molecule has 4 heteroatoms. The smallest absolute Gasteiger partial charge is 0.271 e. The quantitative estimate of drug-likeness (QED) is 0.796. The number of hydrogen-bond donors (Lipinski definition) is 1. The minimum Gasteiger partial charge on any atom is -0.312 e. The largest absolute Gasteiger partial charge is 0.312 e. The van der Waals surface area contributed by atoms with Gasteiger partial charge in [0, 0.05) is 24.2 Å². The number of hydrogen-bond acceptors (Lipinski definition) is 3. The van der Waals surface area contributed by atoms with Crippen molar-refractivity contribution in [1.29, 1.82) is 0 Å². The molecule has 0 amide bonds. The van der Waals surface area contributed by atoms with E-state index >= 15 is 0 Å².